The summed E-state index contributed by atoms with van der Waals surface area (Å²) in [6.45, 7) is 0. The van der Waals surface area contributed by atoms with E-state index in [9.17, 15) is 9.59 Å². The monoisotopic (exact) mass is 551 g/mol. The van der Waals surface area contributed by atoms with E-state index < -0.39 is 11.7 Å². The molecule has 186 valence electrons. The quantitative estimate of drug-likeness (QED) is 0.179. The van der Waals surface area contributed by atoms with Gasteiger partial charge in [0.15, 0.2) is 5.76 Å². The fourth-order valence-corrected chi connectivity index (χ4v) is 5.31. The molecule has 4 N–H and O–H groups in total. The normalized spacial score (nSPS) is 10.9. The van der Waals surface area contributed by atoms with Gasteiger partial charge in [-0.2, -0.15) is 0 Å². The van der Waals surface area contributed by atoms with Gasteiger partial charge in [0.1, 0.15) is 21.2 Å². The lowest BCUT2D eigenvalue weighted by molar-refractivity contribution is 0.101. The number of nitrogens with two attached hydrogens (primary N) is 1. The lowest BCUT2D eigenvalue weighted by Gasteiger charge is -2.12. The van der Waals surface area contributed by atoms with Gasteiger partial charge in [-0.25, -0.2) is 0 Å². The highest BCUT2D eigenvalue weighted by Crippen LogP contribution is 2.41. The Labute approximate surface area is 225 Å². The molecule has 10 heteroatoms. The van der Waals surface area contributed by atoms with Crippen LogP contribution in [0.15, 0.2) is 77.2 Å². The van der Waals surface area contributed by atoms with Crippen LogP contribution in [0, 0.1) is 0 Å². The molecular formula is C27H19Cl2N3O4S. The van der Waals surface area contributed by atoms with Gasteiger partial charge in [-0.3, -0.25) is 9.59 Å². The summed E-state index contributed by atoms with van der Waals surface area (Å²) >= 11 is 13.6. The fourth-order valence-electron chi connectivity index (χ4n) is 3.73. The number of hydrogen-bond donors (Lipinski definition) is 3. The Morgan fingerprint density at radius 2 is 1.68 bits per heavy atom. The van der Waals surface area contributed by atoms with Crippen LogP contribution in [0.5, 0.6) is 5.75 Å². The van der Waals surface area contributed by atoms with Crippen LogP contribution >= 0.6 is 34.5 Å². The summed E-state index contributed by atoms with van der Waals surface area (Å²) in [6, 6.07) is 20.9. The average molecular weight is 552 g/mol. The van der Waals surface area contributed by atoms with Crippen molar-refractivity contribution < 1.29 is 18.7 Å². The van der Waals surface area contributed by atoms with Crippen molar-refractivity contribution in [3.63, 3.8) is 0 Å². The summed E-state index contributed by atoms with van der Waals surface area (Å²) in [7, 11) is 1.57. The topological polar surface area (TPSA) is 107 Å². The van der Waals surface area contributed by atoms with Crippen molar-refractivity contribution >= 4 is 79.3 Å². The number of ether oxygens (including phenoxy) is 1. The number of halogens is 2. The summed E-state index contributed by atoms with van der Waals surface area (Å²) in [5, 5.41) is 7.58. The zero-order valence-electron chi connectivity index (χ0n) is 19.3. The molecule has 0 unspecified atom stereocenters. The number of nitrogen functional groups attached to an aromatic ring is 1. The number of anilines is 4. The highest BCUT2D eigenvalue weighted by atomic mass is 35.5. The van der Waals surface area contributed by atoms with Crippen molar-refractivity contribution in [2.24, 2.45) is 0 Å². The Hall–Kier alpha value is -3.98. The zero-order chi connectivity index (χ0) is 26.1. The molecule has 0 spiro atoms. The molecule has 3 aromatic carbocycles. The number of benzene rings is 3. The Kier molecular flexibility index (Phi) is 6.80. The number of thiophene rings is 1. The van der Waals surface area contributed by atoms with Crippen LogP contribution in [0.3, 0.4) is 0 Å². The molecule has 5 aromatic rings. The first kappa shape index (κ1) is 24.7. The van der Waals surface area contributed by atoms with E-state index in [1.165, 1.54) is 0 Å². The Morgan fingerprint density at radius 3 is 2.35 bits per heavy atom. The van der Waals surface area contributed by atoms with Crippen LogP contribution in [0.2, 0.25) is 10.0 Å². The second-order valence-corrected chi connectivity index (χ2v) is 9.77. The molecule has 2 heterocycles. The molecule has 37 heavy (non-hydrogen) atoms. The minimum atomic E-state index is -0.580. The van der Waals surface area contributed by atoms with Crippen molar-refractivity contribution in [1.29, 1.82) is 0 Å². The molecule has 0 aliphatic rings. The van der Waals surface area contributed by atoms with Gasteiger partial charge in [0.25, 0.3) is 5.91 Å². The van der Waals surface area contributed by atoms with Crippen LogP contribution < -0.4 is 21.1 Å². The van der Waals surface area contributed by atoms with Crippen molar-refractivity contribution in [2.75, 3.05) is 23.5 Å². The summed E-state index contributed by atoms with van der Waals surface area (Å²) in [6.07, 6.45) is 0. The Balaban J connectivity index is 1.56. The number of ketones is 1. The largest absolute Gasteiger partial charge is 0.497 e. The van der Waals surface area contributed by atoms with Gasteiger partial charge in [0.2, 0.25) is 5.78 Å². The molecular weight excluding hydrogens is 533 g/mol. The maximum atomic E-state index is 13.5. The van der Waals surface area contributed by atoms with Crippen molar-refractivity contribution in [1.82, 2.24) is 0 Å². The SMILES string of the molecule is COc1ccc(Nc2sc(C(=O)c3cc4ccccc4o3)c(N)c2C(=O)Nc2c(Cl)cccc2Cl)cc1. The number of furan rings is 1. The zero-order valence-corrected chi connectivity index (χ0v) is 21.6. The molecule has 0 atom stereocenters. The third-order valence-electron chi connectivity index (χ3n) is 5.58. The van der Waals surface area contributed by atoms with Gasteiger partial charge in [-0.05, 0) is 48.5 Å². The standard InChI is InChI=1S/C27H19Cl2N3O4S/c1-35-16-11-9-15(10-12-16)31-27-21(26(34)32-23-17(28)6-4-7-18(23)29)22(30)25(37-27)24(33)20-13-14-5-2-3-8-19(14)36-20/h2-13,31H,30H2,1H3,(H,32,34). The van der Waals surface area contributed by atoms with Gasteiger partial charge in [-0.1, -0.05) is 47.5 Å². The minimum Gasteiger partial charge on any atom is -0.497 e. The number of amides is 1. The van der Waals surface area contributed by atoms with Gasteiger partial charge >= 0.3 is 0 Å². The molecule has 1 amide bonds. The maximum Gasteiger partial charge on any atom is 0.260 e. The van der Waals surface area contributed by atoms with Gasteiger partial charge in [-0.15, -0.1) is 11.3 Å². The van der Waals surface area contributed by atoms with E-state index in [1.807, 2.05) is 18.2 Å². The van der Waals surface area contributed by atoms with Crippen LogP contribution in [-0.2, 0) is 0 Å². The van der Waals surface area contributed by atoms with Crippen LogP contribution in [0.1, 0.15) is 25.8 Å². The number of para-hydroxylation sites is 2. The predicted octanol–water partition coefficient (Wildman–Crippen LogP) is 7.62. The maximum absolute atomic E-state index is 13.5. The first-order valence-electron chi connectivity index (χ1n) is 11.0. The third kappa shape index (κ3) is 4.86. The van der Waals surface area contributed by atoms with Gasteiger partial charge in [0.05, 0.1) is 34.1 Å². The molecule has 2 aromatic heterocycles. The summed E-state index contributed by atoms with van der Waals surface area (Å²) < 4.78 is 11.0. The van der Waals surface area contributed by atoms with Gasteiger partial charge < -0.3 is 25.5 Å². The number of methoxy groups -OCH3 is 1. The second-order valence-electron chi connectivity index (χ2n) is 7.93. The molecule has 0 fully saturated rings. The first-order chi connectivity index (χ1) is 17.9. The molecule has 5 rings (SSSR count). The number of hydrogen-bond acceptors (Lipinski definition) is 7. The van der Waals surface area contributed by atoms with E-state index in [0.717, 1.165) is 16.7 Å². The first-order valence-corrected chi connectivity index (χ1v) is 12.5. The van der Waals surface area contributed by atoms with E-state index in [-0.39, 0.29) is 37.6 Å². The Morgan fingerprint density at radius 1 is 0.973 bits per heavy atom. The molecule has 0 radical (unpaired) electrons. The predicted molar refractivity (Wildman–Crippen MR) is 149 cm³/mol. The summed E-state index contributed by atoms with van der Waals surface area (Å²) in [5.74, 6) is -0.232. The number of rotatable bonds is 7. The van der Waals surface area contributed by atoms with E-state index in [2.05, 4.69) is 10.6 Å². The summed E-state index contributed by atoms with van der Waals surface area (Å²) in [5.41, 5.74) is 7.99. The van der Waals surface area contributed by atoms with Crippen molar-refractivity contribution in [3.8, 4) is 5.75 Å². The number of nitrogens with one attached hydrogen (secondary N) is 2. The van der Waals surface area contributed by atoms with Crippen molar-refractivity contribution in [3.05, 3.63) is 99.0 Å². The number of carbonyl (C=O) groups excluding carboxylic acids is 2. The lowest BCUT2D eigenvalue weighted by Crippen LogP contribution is -2.15. The molecule has 7 nitrogen and oxygen atoms in total. The second kappa shape index (κ2) is 10.2. The molecule has 0 saturated heterocycles. The highest BCUT2D eigenvalue weighted by Gasteiger charge is 2.29. The van der Waals surface area contributed by atoms with Gasteiger partial charge in [0, 0.05) is 11.1 Å². The van der Waals surface area contributed by atoms with Crippen LogP contribution in [0.25, 0.3) is 11.0 Å². The van der Waals surface area contributed by atoms with E-state index in [4.69, 9.17) is 38.1 Å². The fraction of sp³-hybridized carbons (Fsp3) is 0.0370. The van der Waals surface area contributed by atoms with Crippen molar-refractivity contribution in [2.45, 2.75) is 0 Å². The molecule has 0 aliphatic heterocycles. The highest BCUT2D eigenvalue weighted by molar-refractivity contribution is 7.19. The summed E-state index contributed by atoms with van der Waals surface area (Å²) in [4.78, 5) is 27.1. The Bertz CT molecular complexity index is 1590. The smallest absolute Gasteiger partial charge is 0.260 e. The van der Waals surface area contributed by atoms with E-state index in [0.29, 0.717) is 22.0 Å². The lowest BCUT2D eigenvalue weighted by atomic mass is 10.1. The number of fused-ring (bicyclic) bond motifs is 1. The molecule has 0 aliphatic carbocycles. The third-order valence-corrected chi connectivity index (χ3v) is 7.33. The molecule has 0 bridgehead atoms. The molecule has 0 saturated carbocycles. The average Bonchev–Trinajstić information content (AvgIpc) is 3.47. The van der Waals surface area contributed by atoms with Crippen LogP contribution in [0.4, 0.5) is 22.1 Å². The van der Waals surface area contributed by atoms with E-state index in [1.54, 1.807) is 61.7 Å². The minimum absolute atomic E-state index is 0.00661. The van der Waals surface area contributed by atoms with Crippen LogP contribution in [-0.4, -0.2) is 18.8 Å². The number of carbonyl (C=O) groups is 2. The van der Waals surface area contributed by atoms with E-state index >= 15 is 0 Å².